The average Bonchev–Trinajstić information content (AvgIpc) is 3.25. The summed E-state index contributed by atoms with van der Waals surface area (Å²) in [5.74, 6) is -0.559. The third-order valence-electron chi connectivity index (χ3n) is 7.77. The zero-order valence-electron chi connectivity index (χ0n) is 22.6. The predicted octanol–water partition coefficient (Wildman–Crippen LogP) is 4.12. The highest BCUT2D eigenvalue weighted by molar-refractivity contribution is 5.94. The van der Waals surface area contributed by atoms with E-state index in [0.29, 0.717) is 49.5 Å². The summed E-state index contributed by atoms with van der Waals surface area (Å²) >= 11 is 0. The van der Waals surface area contributed by atoms with Gasteiger partial charge in [0.25, 0.3) is 5.91 Å². The van der Waals surface area contributed by atoms with E-state index >= 15 is 0 Å². The van der Waals surface area contributed by atoms with Gasteiger partial charge in [-0.3, -0.25) is 9.59 Å². The summed E-state index contributed by atoms with van der Waals surface area (Å²) in [4.78, 5) is 46.0. The lowest BCUT2D eigenvalue weighted by atomic mass is 9.75. The maximum absolute atomic E-state index is 13.7. The molecule has 0 radical (unpaired) electrons. The number of fused-ring (bicyclic) bond motifs is 1. The first-order valence-corrected chi connectivity index (χ1v) is 13.1. The van der Waals surface area contributed by atoms with Crippen molar-refractivity contribution in [1.29, 1.82) is 0 Å². The van der Waals surface area contributed by atoms with Gasteiger partial charge in [-0.1, -0.05) is 20.8 Å². The van der Waals surface area contributed by atoms with Crippen molar-refractivity contribution < 1.29 is 18.8 Å². The van der Waals surface area contributed by atoms with E-state index in [-0.39, 0.29) is 34.9 Å². The van der Waals surface area contributed by atoms with Crippen LogP contribution in [-0.4, -0.2) is 67.7 Å². The summed E-state index contributed by atoms with van der Waals surface area (Å²) < 4.78 is 15.1. The SMILES string of the molecule is CC(C)(C)c1cc(-c2ccc(F)cc2)nn2cc(C(=O)N3CCN(C(=O)C4CC(C=O)C4)CC3(C)C)nc12. The Labute approximate surface area is 221 Å². The molecule has 0 bridgehead atoms. The molecule has 2 amide bonds. The van der Waals surface area contributed by atoms with E-state index in [2.05, 4.69) is 20.8 Å². The summed E-state index contributed by atoms with van der Waals surface area (Å²) in [7, 11) is 0. The van der Waals surface area contributed by atoms with Crippen LogP contribution in [0.3, 0.4) is 0 Å². The van der Waals surface area contributed by atoms with Crippen LogP contribution in [0.4, 0.5) is 4.39 Å². The molecule has 1 aliphatic heterocycles. The first-order chi connectivity index (χ1) is 17.9. The number of amides is 2. The van der Waals surface area contributed by atoms with Gasteiger partial charge in [0.15, 0.2) is 5.65 Å². The number of hydrogen-bond acceptors (Lipinski definition) is 5. The second kappa shape index (κ2) is 9.29. The van der Waals surface area contributed by atoms with Crippen LogP contribution in [0, 0.1) is 17.7 Å². The minimum Gasteiger partial charge on any atom is -0.338 e. The molecule has 0 N–H and O–H groups in total. The van der Waals surface area contributed by atoms with Gasteiger partial charge in [0.1, 0.15) is 17.8 Å². The van der Waals surface area contributed by atoms with Crippen molar-refractivity contribution in [3.63, 3.8) is 0 Å². The first kappa shape index (κ1) is 26.0. The van der Waals surface area contributed by atoms with Gasteiger partial charge in [0, 0.05) is 42.6 Å². The smallest absolute Gasteiger partial charge is 0.274 e. The van der Waals surface area contributed by atoms with Crippen LogP contribution in [0.5, 0.6) is 0 Å². The van der Waals surface area contributed by atoms with Gasteiger partial charge < -0.3 is 14.6 Å². The maximum atomic E-state index is 13.7. The highest BCUT2D eigenvalue weighted by Crippen LogP contribution is 2.35. The van der Waals surface area contributed by atoms with Gasteiger partial charge in [-0.05, 0) is 62.4 Å². The van der Waals surface area contributed by atoms with Crippen molar-refractivity contribution in [2.45, 2.75) is 58.4 Å². The number of benzene rings is 1. The van der Waals surface area contributed by atoms with E-state index in [1.165, 1.54) is 12.1 Å². The van der Waals surface area contributed by atoms with Gasteiger partial charge in [-0.2, -0.15) is 5.10 Å². The lowest BCUT2D eigenvalue weighted by molar-refractivity contribution is -0.144. The number of rotatable bonds is 4. The first-order valence-electron chi connectivity index (χ1n) is 13.1. The van der Waals surface area contributed by atoms with Gasteiger partial charge in [-0.25, -0.2) is 13.9 Å². The largest absolute Gasteiger partial charge is 0.338 e. The van der Waals surface area contributed by atoms with Crippen LogP contribution < -0.4 is 0 Å². The van der Waals surface area contributed by atoms with Crippen molar-refractivity contribution >= 4 is 23.7 Å². The van der Waals surface area contributed by atoms with Crippen LogP contribution in [-0.2, 0) is 15.0 Å². The Morgan fingerprint density at radius 3 is 2.39 bits per heavy atom. The molecule has 0 unspecified atom stereocenters. The molecule has 1 saturated carbocycles. The molecule has 3 aromatic rings. The third kappa shape index (κ3) is 4.70. The fraction of sp³-hybridized carbons (Fsp3) is 0.483. The number of hydrogen-bond donors (Lipinski definition) is 0. The molecule has 2 fully saturated rings. The standard InChI is InChI=1S/C29H34FN5O3/c1-28(2,3)22-14-23(19-6-8-21(30)9-7-19)32-35-15-24(31-25(22)35)27(38)34-11-10-33(17-29(34,4)5)26(37)20-12-18(13-20)16-36/h6-9,14-16,18,20H,10-13,17H2,1-5H3. The third-order valence-corrected chi connectivity index (χ3v) is 7.77. The molecular formula is C29H34FN5O3. The lowest BCUT2D eigenvalue weighted by Gasteiger charge is -2.48. The van der Waals surface area contributed by atoms with Gasteiger partial charge in [0.2, 0.25) is 5.91 Å². The molecule has 9 heteroatoms. The Hall–Kier alpha value is -3.62. The molecule has 5 rings (SSSR count). The number of imidazole rings is 1. The van der Waals surface area contributed by atoms with Crippen molar-refractivity contribution in [2.24, 2.45) is 11.8 Å². The molecule has 38 heavy (non-hydrogen) atoms. The number of aldehydes is 1. The molecule has 200 valence electrons. The minimum atomic E-state index is -0.589. The van der Waals surface area contributed by atoms with Crippen molar-refractivity contribution in [2.75, 3.05) is 19.6 Å². The molecule has 0 atom stereocenters. The van der Waals surface area contributed by atoms with E-state index in [1.807, 2.05) is 24.8 Å². The normalized spacial score (nSPS) is 21.3. The van der Waals surface area contributed by atoms with Crippen molar-refractivity contribution in [3.8, 4) is 11.3 Å². The average molecular weight is 520 g/mol. The maximum Gasteiger partial charge on any atom is 0.274 e. The topological polar surface area (TPSA) is 87.9 Å². The number of carbonyl (C=O) groups is 3. The predicted molar refractivity (Wildman–Crippen MR) is 141 cm³/mol. The number of nitrogens with zero attached hydrogens (tertiary/aromatic N) is 5. The van der Waals surface area contributed by atoms with E-state index in [4.69, 9.17) is 10.1 Å². The lowest BCUT2D eigenvalue weighted by Crippen LogP contribution is -2.63. The Bertz CT molecular complexity index is 1400. The van der Waals surface area contributed by atoms with Crippen LogP contribution >= 0.6 is 0 Å². The van der Waals surface area contributed by atoms with E-state index < -0.39 is 5.54 Å². The molecular weight excluding hydrogens is 485 g/mol. The number of aromatic nitrogens is 3. The zero-order chi connectivity index (χ0) is 27.4. The zero-order valence-corrected chi connectivity index (χ0v) is 22.6. The minimum absolute atomic E-state index is 0.00922. The molecule has 1 aromatic carbocycles. The van der Waals surface area contributed by atoms with Crippen LogP contribution in [0.15, 0.2) is 36.5 Å². The highest BCUT2D eigenvalue weighted by atomic mass is 19.1. The highest BCUT2D eigenvalue weighted by Gasteiger charge is 2.43. The van der Waals surface area contributed by atoms with Gasteiger partial charge in [0.05, 0.1) is 17.4 Å². The summed E-state index contributed by atoms with van der Waals surface area (Å²) in [6, 6.07) is 8.13. The summed E-state index contributed by atoms with van der Waals surface area (Å²) in [6.45, 7) is 11.4. The van der Waals surface area contributed by atoms with Crippen molar-refractivity contribution in [1.82, 2.24) is 24.4 Å². The number of halogens is 1. The number of carbonyl (C=O) groups excluding carboxylic acids is 3. The monoisotopic (exact) mass is 519 g/mol. The molecule has 1 saturated heterocycles. The molecule has 3 heterocycles. The molecule has 2 aliphatic rings. The Morgan fingerprint density at radius 1 is 1.11 bits per heavy atom. The van der Waals surface area contributed by atoms with E-state index in [0.717, 1.165) is 17.4 Å². The molecule has 0 spiro atoms. The van der Waals surface area contributed by atoms with Gasteiger partial charge in [-0.15, -0.1) is 0 Å². The van der Waals surface area contributed by atoms with Crippen LogP contribution in [0.1, 0.15) is 63.5 Å². The van der Waals surface area contributed by atoms with E-state index in [1.54, 1.807) is 27.7 Å². The fourth-order valence-corrected chi connectivity index (χ4v) is 5.48. The fourth-order valence-electron chi connectivity index (χ4n) is 5.48. The Morgan fingerprint density at radius 2 is 1.79 bits per heavy atom. The summed E-state index contributed by atoms with van der Waals surface area (Å²) in [6.07, 6.45) is 3.82. The summed E-state index contributed by atoms with van der Waals surface area (Å²) in [5.41, 5.74) is 2.39. The quantitative estimate of drug-likeness (QED) is 0.484. The second-order valence-corrected chi connectivity index (χ2v) is 12.2. The molecule has 1 aliphatic carbocycles. The Kier molecular flexibility index (Phi) is 6.36. The van der Waals surface area contributed by atoms with E-state index in [9.17, 15) is 18.8 Å². The number of piperazine rings is 1. The van der Waals surface area contributed by atoms with Crippen LogP contribution in [0.2, 0.25) is 0 Å². The summed E-state index contributed by atoms with van der Waals surface area (Å²) in [5, 5.41) is 4.70. The Balaban J connectivity index is 1.42. The van der Waals surface area contributed by atoms with Crippen LogP contribution in [0.25, 0.3) is 16.9 Å². The second-order valence-electron chi connectivity index (χ2n) is 12.2. The van der Waals surface area contributed by atoms with Gasteiger partial charge >= 0.3 is 0 Å². The molecule has 2 aromatic heterocycles. The van der Waals surface area contributed by atoms with Crippen molar-refractivity contribution in [3.05, 3.63) is 53.6 Å². The molecule has 8 nitrogen and oxygen atoms in total.